The molecule has 1 saturated heterocycles. The van der Waals surface area contributed by atoms with Gasteiger partial charge in [0.25, 0.3) is 0 Å². The zero-order valence-corrected chi connectivity index (χ0v) is 9.13. The van der Waals surface area contributed by atoms with Gasteiger partial charge in [0, 0.05) is 25.3 Å². The highest BCUT2D eigenvalue weighted by Gasteiger charge is 2.25. The van der Waals surface area contributed by atoms with Gasteiger partial charge in [-0.25, -0.2) is 9.78 Å². The van der Waals surface area contributed by atoms with Crippen molar-refractivity contribution in [2.24, 2.45) is 0 Å². The smallest absolute Gasteiger partial charge is 0.407 e. The van der Waals surface area contributed by atoms with Gasteiger partial charge in [0.1, 0.15) is 11.9 Å². The topological polar surface area (TPSA) is 89.2 Å². The fourth-order valence-electron chi connectivity index (χ4n) is 1.81. The van der Waals surface area contributed by atoms with E-state index >= 15 is 0 Å². The summed E-state index contributed by atoms with van der Waals surface area (Å²) in [4.78, 5) is 16.2. The second kappa shape index (κ2) is 4.70. The quantitative estimate of drug-likeness (QED) is 0.797. The first-order valence-corrected chi connectivity index (χ1v) is 5.29. The van der Waals surface area contributed by atoms with Crippen molar-refractivity contribution in [2.75, 3.05) is 18.4 Å². The Morgan fingerprint density at radius 3 is 3.00 bits per heavy atom. The molecule has 0 spiro atoms. The minimum atomic E-state index is -0.887. The third-order valence-electron chi connectivity index (χ3n) is 2.70. The zero-order valence-electron chi connectivity index (χ0n) is 9.13. The lowest BCUT2D eigenvalue weighted by Gasteiger charge is -2.14. The van der Waals surface area contributed by atoms with E-state index in [0.29, 0.717) is 24.5 Å². The number of anilines is 1. The van der Waals surface area contributed by atoms with Crippen LogP contribution in [-0.2, 0) is 0 Å². The number of hydrogen-bond donors (Lipinski definition) is 2. The number of nitrogens with zero attached hydrogens (tertiary/aromatic N) is 3. The summed E-state index contributed by atoms with van der Waals surface area (Å²) >= 11 is 0. The van der Waals surface area contributed by atoms with Crippen LogP contribution in [0.4, 0.5) is 10.6 Å². The normalized spacial score (nSPS) is 18.8. The molecule has 0 aromatic carbocycles. The Kier molecular flexibility index (Phi) is 3.10. The second-order valence-electron chi connectivity index (χ2n) is 3.90. The molecular weight excluding hydrogens is 220 g/mol. The molecule has 17 heavy (non-hydrogen) atoms. The van der Waals surface area contributed by atoms with Gasteiger partial charge in [0.2, 0.25) is 0 Å². The molecule has 1 atom stereocenters. The van der Waals surface area contributed by atoms with E-state index in [4.69, 9.17) is 10.4 Å². The van der Waals surface area contributed by atoms with Crippen LogP contribution in [-0.4, -0.2) is 40.2 Å². The van der Waals surface area contributed by atoms with Crippen LogP contribution in [0.5, 0.6) is 0 Å². The van der Waals surface area contributed by atoms with Gasteiger partial charge >= 0.3 is 6.09 Å². The lowest BCUT2D eigenvalue weighted by molar-refractivity contribution is 0.155. The van der Waals surface area contributed by atoms with Crippen molar-refractivity contribution in [1.29, 1.82) is 5.26 Å². The van der Waals surface area contributed by atoms with E-state index in [1.54, 1.807) is 12.1 Å². The Labute approximate surface area is 98.5 Å². The van der Waals surface area contributed by atoms with Crippen molar-refractivity contribution >= 4 is 11.9 Å². The molecule has 1 aliphatic heterocycles. The van der Waals surface area contributed by atoms with Gasteiger partial charge in [-0.05, 0) is 18.6 Å². The maximum Gasteiger partial charge on any atom is 0.407 e. The first-order chi connectivity index (χ1) is 8.19. The zero-order chi connectivity index (χ0) is 12.3. The summed E-state index contributed by atoms with van der Waals surface area (Å²) in [7, 11) is 0. The van der Waals surface area contributed by atoms with Crippen LogP contribution in [0.3, 0.4) is 0 Å². The molecule has 6 nitrogen and oxygen atoms in total. The number of nitrogens with one attached hydrogen (secondary N) is 1. The monoisotopic (exact) mass is 232 g/mol. The fourth-order valence-corrected chi connectivity index (χ4v) is 1.81. The fraction of sp³-hybridized carbons (Fsp3) is 0.364. The van der Waals surface area contributed by atoms with Crippen LogP contribution in [0, 0.1) is 11.3 Å². The summed E-state index contributed by atoms with van der Waals surface area (Å²) in [6.45, 7) is 1.01. The lowest BCUT2D eigenvalue weighted by Crippen LogP contribution is -2.30. The van der Waals surface area contributed by atoms with E-state index in [1.807, 2.05) is 6.07 Å². The largest absolute Gasteiger partial charge is 0.465 e. The van der Waals surface area contributed by atoms with Crippen molar-refractivity contribution in [1.82, 2.24) is 9.88 Å². The van der Waals surface area contributed by atoms with E-state index in [-0.39, 0.29) is 6.04 Å². The number of pyridine rings is 1. The van der Waals surface area contributed by atoms with Crippen LogP contribution < -0.4 is 5.32 Å². The summed E-state index contributed by atoms with van der Waals surface area (Å²) < 4.78 is 0. The highest BCUT2D eigenvalue weighted by atomic mass is 16.4. The summed E-state index contributed by atoms with van der Waals surface area (Å²) in [5.74, 6) is 0.668. The van der Waals surface area contributed by atoms with Gasteiger partial charge in [-0.1, -0.05) is 0 Å². The molecule has 0 radical (unpaired) electrons. The van der Waals surface area contributed by atoms with Crippen molar-refractivity contribution in [3.63, 3.8) is 0 Å². The van der Waals surface area contributed by atoms with Crippen molar-refractivity contribution in [2.45, 2.75) is 12.5 Å². The van der Waals surface area contributed by atoms with Crippen LogP contribution in [0.25, 0.3) is 0 Å². The Morgan fingerprint density at radius 2 is 2.47 bits per heavy atom. The molecule has 1 aliphatic rings. The summed E-state index contributed by atoms with van der Waals surface area (Å²) in [5, 5.41) is 20.6. The SMILES string of the molecule is N#Cc1ccc(NC2CCN(C(=O)O)C2)nc1. The van der Waals surface area contributed by atoms with Gasteiger partial charge in [-0.15, -0.1) is 0 Å². The third kappa shape index (κ3) is 2.64. The Hall–Kier alpha value is -2.29. The third-order valence-corrected chi connectivity index (χ3v) is 2.70. The summed E-state index contributed by atoms with van der Waals surface area (Å²) in [6, 6.07) is 5.49. The van der Waals surface area contributed by atoms with Crippen LogP contribution in [0.1, 0.15) is 12.0 Å². The average molecular weight is 232 g/mol. The number of rotatable bonds is 2. The molecule has 2 heterocycles. The van der Waals surface area contributed by atoms with Crippen molar-refractivity contribution in [3.05, 3.63) is 23.9 Å². The van der Waals surface area contributed by atoms with E-state index in [1.165, 1.54) is 11.1 Å². The molecule has 1 unspecified atom stereocenters. The molecule has 0 aliphatic carbocycles. The molecule has 1 fully saturated rings. The number of nitriles is 1. The minimum Gasteiger partial charge on any atom is -0.465 e. The Bertz CT molecular complexity index is 452. The molecule has 0 bridgehead atoms. The molecule has 1 amide bonds. The molecule has 0 saturated carbocycles. The van der Waals surface area contributed by atoms with Gasteiger partial charge in [0.05, 0.1) is 5.56 Å². The maximum atomic E-state index is 10.7. The van der Waals surface area contributed by atoms with E-state index in [9.17, 15) is 4.79 Å². The first kappa shape index (κ1) is 11.2. The number of aromatic nitrogens is 1. The number of hydrogen-bond acceptors (Lipinski definition) is 4. The highest BCUT2D eigenvalue weighted by molar-refractivity contribution is 5.65. The van der Waals surface area contributed by atoms with Gasteiger partial charge < -0.3 is 15.3 Å². The van der Waals surface area contributed by atoms with E-state index in [0.717, 1.165) is 6.42 Å². The van der Waals surface area contributed by atoms with E-state index in [2.05, 4.69) is 10.3 Å². The predicted octanol–water partition coefficient (Wildman–Crippen LogP) is 1.12. The summed E-state index contributed by atoms with van der Waals surface area (Å²) in [6.07, 6.45) is 1.38. The average Bonchev–Trinajstić information content (AvgIpc) is 2.79. The highest BCUT2D eigenvalue weighted by Crippen LogP contribution is 2.14. The molecule has 1 aromatic heterocycles. The van der Waals surface area contributed by atoms with Gasteiger partial charge in [-0.2, -0.15) is 5.26 Å². The standard InChI is InChI=1S/C11H12N4O2/c12-5-8-1-2-10(13-6-8)14-9-3-4-15(7-9)11(16)17/h1-2,6,9H,3-4,7H2,(H,13,14)(H,16,17). The molecule has 1 aromatic rings. The molecular formula is C11H12N4O2. The lowest BCUT2D eigenvalue weighted by atomic mass is 10.2. The minimum absolute atomic E-state index is 0.0894. The number of amides is 1. The van der Waals surface area contributed by atoms with Crippen LogP contribution in [0.15, 0.2) is 18.3 Å². The first-order valence-electron chi connectivity index (χ1n) is 5.29. The Balaban J connectivity index is 1.94. The molecule has 2 N–H and O–H groups in total. The number of carboxylic acid groups (broad SMARTS) is 1. The van der Waals surface area contributed by atoms with E-state index < -0.39 is 6.09 Å². The van der Waals surface area contributed by atoms with Crippen LogP contribution in [0.2, 0.25) is 0 Å². The number of carbonyl (C=O) groups is 1. The maximum absolute atomic E-state index is 10.7. The number of likely N-dealkylation sites (tertiary alicyclic amines) is 1. The molecule has 88 valence electrons. The summed E-state index contributed by atoms with van der Waals surface area (Å²) in [5.41, 5.74) is 0.508. The second-order valence-corrected chi connectivity index (χ2v) is 3.90. The Morgan fingerprint density at radius 1 is 1.65 bits per heavy atom. The predicted molar refractivity (Wildman–Crippen MR) is 60.6 cm³/mol. The van der Waals surface area contributed by atoms with Crippen molar-refractivity contribution < 1.29 is 9.90 Å². The van der Waals surface area contributed by atoms with Gasteiger partial charge in [-0.3, -0.25) is 0 Å². The molecule has 2 rings (SSSR count). The molecule has 6 heteroatoms. The van der Waals surface area contributed by atoms with Crippen LogP contribution >= 0.6 is 0 Å². The van der Waals surface area contributed by atoms with Crippen molar-refractivity contribution in [3.8, 4) is 6.07 Å². The van der Waals surface area contributed by atoms with Gasteiger partial charge in [0.15, 0.2) is 0 Å².